The summed E-state index contributed by atoms with van der Waals surface area (Å²) < 4.78 is 44.3. The van der Waals surface area contributed by atoms with Crippen LogP contribution in [0.15, 0.2) is 72.8 Å². The van der Waals surface area contributed by atoms with Gasteiger partial charge in [-0.05, 0) is 125 Å². The lowest BCUT2D eigenvalue weighted by Crippen LogP contribution is -2.51. The van der Waals surface area contributed by atoms with Crippen molar-refractivity contribution in [3.8, 4) is 23.0 Å². The van der Waals surface area contributed by atoms with E-state index in [9.17, 15) is 9.59 Å². The monoisotopic (exact) mass is 978 g/mol. The third kappa shape index (κ3) is 8.62. The molecule has 15 heteroatoms. The number of benzene rings is 4. The Labute approximate surface area is 410 Å². The fourth-order valence-corrected chi connectivity index (χ4v) is 24.4. The van der Waals surface area contributed by atoms with Crippen molar-refractivity contribution >= 4 is 40.6 Å². The number of nitrogens with zero attached hydrogens (tertiary/aromatic N) is 2. The molecule has 7 rings (SSSR count). The van der Waals surface area contributed by atoms with Gasteiger partial charge in [0, 0.05) is 35.1 Å². The molecule has 13 nitrogen and oxygen atoms in total. The molecule has 4 amide bonds. The summed E-state index contributed by atoms with van der Waals surface area (Å²) in [6.45, 7) is 24.0. The Hall–Kier alpha value is -5.65. The normalized spacial score (nSPS) is 22.2. The largest absolute Gasteiger partial charge is 0.496 e. The number of rotatable bonds is 14. The predicted octanol–water partition coefficient (Wildman–Crippen LogP) is 11.1. The number of carbonyl (C=O) groups is 4. The number of cyclic esters (lactones) is 2. The van der Waals surface area contributed by atoms with Gasteiger partial charge in [0.2, 0.25) is 11.8 Å². The van der Waals surface area contributed by atoms with E-state index in [0.717, 1.165) is 22.3 Å². The van der Waals surface area contributed by atoms with Crippen LogP contribution in [0, 0.1) is 39.5 Å². The van der Waals surface area contributed by atoms with E-state index >= 15 is 9.59 Å². The maximum Gasteiger partial charge on any atom is 0.418 e. The van der Waals surface area contributed by atoms with E-state index in [4.69, 9.17) is 32.5 Å². The van der Waals surface area contributed by atoms with E-state index in [2.05, 4.69) is 26.2 Å². The molecular weight excluding hydrogens is 909 g/mol. The molecule has 0 saturated carbocycles. The standard InChI is InChI=1S/C54H70N2O11Si2/c1-31(2)49-53(37-25-33(5)17-21-41(37)61-9,38-26-34(6)18-22-42(38)62-10)65-51(59)55(49)47(57)29-45-46(69(15,16)67-68(45,13)14)30-48(58)56-50(32(3)4)54(66-52(56)60,39-27-35(7)19-23-43(39)63-11)40-28-36(8)20-24-44(40)64-12/h17-28,31-32,45-46,49-50H,29-30H2,1-16H3/t45-,46-,49-,50-/m0/s1. The fraction of sp³-hybridized carbons (Fsp3) is 0.481. The van der Waals surface area contributed by atoms with E-state index in [-0.39, 0.29) is 24.7 Å². The summed E-state index contributed by atoms with van der Waals surface area (Å²) in [6.07, 6.45) is -1.74. The first-order valence-electron chi connectivity index (χ1n) is 23.8. The topological polar surface area (TPSA) is 139 Å². The lowest BCUT2D eigenvalue weighted by molar-refractivity contribution is -0.132. The van der Waals surface area contributed by atoms with Gasteiger partial charge >= 0.3 is 12.2 Å². The summed E-state index contributed by atoms with van der Waals surface area (Å²) in [5.41, 5.74) is 2.09. The molecule has 0 bridgehead atoms. The van der Waals surface area contributed by atoms with Crippen molar-refractivity contribution in [1.82, 2.24) is 9.80 Å². The van der Waals surface area contributed by atoms with E-state index in [0.29, 0.717) is 45.3 Å². The first-order chi connectivity index (χ1) is 32.4. The van der Waals surface area contributed by atoms with Crippen LogP contribution in [-0.4, -0.2) is 91.0 Å². The number of hydrogen-bond donors (Lipinski definition) is 0. The molecule has 4 atom stereocenters. The van der Waals surface area contributed by atoms with E-state index in [1.807, 2.05) is 128 Å². The zero-order chi connectivity index (χ0) is 50.7. The van der Waals surface area contributed by atoms with Crippen LogP contribution < -0.4 is 18.9 Å². The second kappa shape index (κ2) is 18.9. The number of methoxy groups -OCH3 is 4. The summed E-state index contributed by atoms with van der Waals surface area (Å²) in [4.78, 5) is 63.0. The minimum Gasteiger partial charge on any atom is -0.496 e. The van der Waals surface area contributed by atoms with Crippen LogP contribution in [0.3, 0.4) is 0 Å². The van der Waals surface area contributed by atoms with Gasteiger partial charge in [-0.2, -0.15) is 0 Å². The average molecular weight is 979 g/mol. The van der Waals surface area contributed by atoms with Crippen LogP contribution in [-0.2, 0) is 34.4 Å². The third-order valence-corrected chi connectivity index (χ3v) is 24.0. The quantitative estimate of drug-likeness (QED) is 0.112. The van der Waals surface area contributed by atoms with Gasteiger partial charge in [0.05, 0.1) is 40.5 Å². The van der Waals surface area contributed by atoms with E-state index < -0.39 is 75.0 Å². The van der Waals surface area contributed by atoms with Gasteiger partial charge in [-0.25, -0.2) is 19.4 Å². The summed E-state index contributed by atoms with van der Waals surface area (Å²) in [7, 11) is 0.707. The van der Waals surface area contributed by atoms with Gasteiger partial charge < -0.3 is 32.5 Å². The predicted molar refractivity (Wildman–Crippen MR) is 269 cm³/mol. The molecule has 370 valence electrons. The molecule has 0 aromatic heterocycles. The van der Waals surface area contributed by atoms with Crippen molar-refractivity contribution in [3.63, 3.8) is 0 Å². The van der Waals surface area contributed by atoms with Crippen molar-refractivity contribution in [2.24, 2.45) is 11.8 Å². The van der Waals surface area contributed by atoms with Crippen LogP contribution >= 0.6 is 0 Å². The highest BCUT2D eigenvalue weighted by Gasteiger charge is 2.65. The molecule has 3 aliphatic rings. The lowest BCUT2D eigenvalue weighted by atomic mass is 9.74. The Morgan fingerprint density at radius 2 is 0.783 bits per heavy atom. The van der Waals surface area contributed by atoms with Crippen LogP contribution in [0.25, 0.3) is 0 Å². The van der Waals surface area contributed by atoms with Crippen molar-refractivity contribution < 1.29 is 51.7 Å². The van der Waals surface area contributed by atoms with Crippen LogP contribution in [0.1, 0.15) is 85.0 Å². The van der Waals surface area contributed by atoms with E-state index in [1.54, 1.807) is 28.4 Å². The second-order valence-corrected chi connectivity index (χ2v) is 29.6. The van der Waals surface area contributed by atoms with Gasteiger partial charge in [0.25, 0.3) is 0 Å². The van der Waals surface area contributed by atoms with Gasteiger partial charge in [-0.15, -0.1) is 0 Å². The van der Waals surface area contributed by atoms with Crippen molar-refractivity contribution in [1.29, 1.82) is 0 Å². The van der Waals surface area contributed by atoms with Crippen LogP contribution in [0.2, 0.25) is 37.3 Å². The molecule has 69 heavy (non-hydrogen) atoms. The smallest absolute Gasteiger partial charge is 0.418 e. The Kier molecular flexibility index (Phi) is 14.0. The molecule has 0 unspecified atom stereocenters. The number of aryl methyl sites for hydroxylation is 4. The molecule has 3 heterocycles. The number of carbonyl (C=O) groups excluding carboxylic acids is 4. The molecule has 4 aromatic rings. The Bertz CT molecular complexity index is 2380. The van der Waals surface area contributed by atoms with Crippen molar-refractivity contribution in [2.75, 3.05) is 28.4 Å². The van der Waals surface area contributed by atoms with Crippen molar-refractivity contribution in [3.05, 3.63) is 117 Å². The maximum absolute atomic E-state index is 15.4. The number of hydrogen-bond acceptors (Lipinski definition) is 11. The average Bonchev–Trinajstić information content (AvgIpc) is 3.84. The van der Waals surface area contributed by atoms with Crippen molar-refractivity contribution in [2.45, 2.75) is 129 Å². The molecule has 3 fully saturated rings. The molecule has 4 aromatic carbocycles. The molecule has 3 aliphatic heterocycles. The summed E-state index contributed by atoms with van der Waals surface area (Å²) in [5.74, 6) is 0.456. The minimum absolute atomic E-state index is 0.0825. The Morgan fingerprint density at radius 3 is 1.01 bits per heavy atom. The number of ether oxygens (including phenoxy) is 6. The summed E-state index contributed by atoms with van der Waals surface area (Å²) in [5, 5.41) is 0. The Balaban J connectivity index is 1.31. The molecular formula is C54H70N2O11Si2. The van der Waals surface area contributed by atoms with Crippen LogP contribution in [0.5, 0.6) is 23.0 Å². The first-order valence-corrected chi connectivity index (χ1v) is 29.8. The molecule has 0 spiro atoms. The maximum atomic E-state index is 15.4. The third-order valence-electron chi connectivity index (χ3n) is 14.7. The van der Waals surface area contributed by atoms with Gasteiger partial charge in [0.15, 0.2) is 27.8 Å². The molecule has 0 N–H and O–H groups in total. The first kappa shape index (κ1) is 51.2. The highest BCUT2D eigenvalue weighted by atomic mass is 28.4. The van der Waals surface area contributed by atoms with E-state index in [1.165, 1.54) is 9.80 Å². The second-order valence-electron chi connectivity index (χ2n) is 20.9. The SMILES string of the molecule is COc1ccc(C)cc1C1(c2cc(C)ccc2OC)OC(=O)N(C(=O)C[C@H]2[C@H](CC(=O)N3C(=O)OC(c4cc(C)ccc4OC)(c4cc(C)ccc4OC)[C@@H]3C(C)C)[Si](C)(C)O[Si]2(C)C)[C@H]1C(C)C. The molecule has 0 radical (unpaired) electrons. The van der Waals surface area contributed by atoms with Crippen LogP contribution in [0.4, 0.5) is 9.59 Å². The minimum atomic E-state index is -2.79. The molecule has 3 saturated heterocycles. The summed E-state index contributed by atoms with van der Waals surface area (Å²) >= 11 is 0. The van der Waals surface area contributed by atoms with Gasteiger partial charge in [-0.1, -0.05) is 74.2 Å². The highest BCUT2D eigenvalue weighted by molar-refractivity contribution is 6.91. The number of imide groups is 2. The Morgan fingerprint density at radius 1 is 0.522 bits per heavy atom. The molecule has 0 aliphatic carbocycles. The zero-order valence-electron chi connectivity index (χ0n) is 43.2. The fourth-order valence-electron chi connectivity index (χ4n) is 11.9. The van der Waals surface area contributed by atoms with Gasteiger partial charge in [0.1, 0.15) is 23.0 Å². The zero-order valence-corrected chi connectivity index (χ0v) is 45.2. The van der Waals surface area contributed by atoms with Gasteiger partial charge in [-0.3, -0.25) is 9.59 Å². The number of amides is 4. The highest BCUT2D eigenvalue weighted by Crippen LogP contribution is 2.58. The lowest BCUT2D eigenvalue weighted by Gasteiger charge is -2.40. The summed E-state index contributed by atoms with van der Waals surface area (Å²) in [6, 6.07) is 21.2.